The van der Waals surface area contributed by atoms with Gasteiger partial charge in [-0.15, -0.1) is 0 Å². The summed E-state index contributed by atoms with van der Waals surface area (Å²) in [5.74, 6) is -0.339. The van der Waals surface area contributed by atoms with Crippen molar-refractivity contribution in [2.24, 2.45) is 11.8 Å². The number of carboxylic acids is 1. The average molecular weight is 246 g/mol. The number of hydrogen-bond donors (Lipinski definition) is 1. The maximum Gasteiger partial charge on any atom is 0.336 e. The smallest absolute Gasteiger partial charge is 0.336 e. The summed E-state index contributed by atoms with van der Waals surface area (Å²) in [4.78, 5) is 23.5. The Hall–Kier alpha value is -1.64. The fraction of sp³-hybridized carbons (Fsp3) is 0.467. The number of aromatic carboxylic acids is 1. The molecule has 1 aliphatic rings. The van der Waals surface area contributed by atoms with E-state index in [1.165, 1.54) is 6.07 Å². The molecule has 1 fully saturated rings. The molecule has 0 radical (unpaired) electrons. The van der Waals surface area contributed by atoms with Crippen molar-refractivity contribution in [1.82, 2.24) is 0 Å². The van der Waals surface area contributed by atoms with E-state index in [9.17, 15) is 9.59 Å². The lowest BCUT2D eigenvalue weighted by molar-refractivity contribution is 0.0688. The second-order valence-electron chi connectivity index (χ2n) is 5.17. The van der Waals surface area contributed by atoms with Crippen LogP contribution in [0.3, 0.4) is 0 Å². The molecule has 3 heteroatoms. The minimum Gasteiger partial charge on any atom is -0.478 e. The Balaban J connectivity index is 2.21. The highest BCUT2D eigenvalue weighted by Gasteiger charge is 2.27. The van der Waals surface area contributed by atoms with Gasteiger partial charge in [0.05, 0.1) is 5.56 Å². The molecule has 0 amide bonds. The molecule has 0 bridgehead atoms. The highest BCUT2D eigenvalue weighted by Crippen LogP contribution is 2.31. The van der Waals surface area contributed by atoms with Crippen LogP contribution in [-0.2, 0) is 0 Å². The van der Waals surface area contributed by atoms with E-state index in [1.807, 2.05) is 0 Å². The molecule has 0 spiro atoms. The summed E-state index contributed by atoms with van der Waals surface area (Å²) in [7, 11) is 0. The normalized spacial score (nSPS) is 23.6. The third-order valence-electron chi connectivity index (χ3n) is 3.81. The minimum absolute atomic E-state index is 0.0000926. The molecule has 1 aromatic rings. The van der Waals surface area contributed by atoms with Crippen molar-refractivity contribution in [3.8, 4) is 0 Å². The first-order chi connectivity index (χ1) is 8.59. The third-order valence-corrected chi connectivity index (χ3v) is 3.81. The van der Waals surface area contributed by atoms with Gasteiger partial charge in [0.2, 0.25) is 0 Å². The number of rotatable bonds is 3. The van der Waals surface area contributed by atoms with Crippen LogP contribution in [0.15, 0.2) is 24.3 Å². The molecule has 18 heavy (non-hydrogen) atoms. The van der Waals surface area contributed by atoms with Crippen LogP contribution in [0.5, 0.6) is 0 Å². The Kier molecular flexibility index (Phi) is 3.80. The highest BCUT2D eigenvalue weighted by atomic mass is 16.4. The molecular weight excluding hydrogens is 228 g/mol. The molecule has 1 aromatic carbocycles. The van der Waals surface area contributed by atoms with E-state index < -0.39 is 5.97 Å². The Morgan fingerprint density at radius 3 is 2.17 bits per heavy atom. The zero-order valence-electron chi connectivity index (χ0n) is 10.6. The van der Waals surface area contributed by atoms with Gasteiger partial charge < -0.3 is 5.11 Å². The molecule has 3 nitrogen and oxygen atoms in total. The molecule has 0 unspecified atom stereocenters. The van der Waals surface area contributed by atoms with Gasteiger partial charge in [0.1, 0.15) is 0 Å². The number of hydrogen-bond acceptors (Lipinski definition) is 2. The third kappa shape index (κ3) is 2.61. The number of carboxylic acid groups (broad SMARTS) is 1. The van der Waals surface area contributed by atoms with E-state index in [0.717, 1.165) is 25.7 Å². The lowest BCUT2D eigenvalue weighted by Crippen LogP contribution is -2.22. The molecule has 0 saturated heterocycles. The van der Waals surface area contributed by atoms with Gasteiger partial charge in [-0.1, -0.05) is 38.0 Å². The second-order valence-corrected chi connectivity index (χ2v) is 5.17. The standard InChI is InChI=1S/C15H18O3/c1-10-6-8-11(9-7-10)14(16)12-4-2-3-5-13(12)15(17)18/h2-5,10-11H,6-9H2,1H3,(H,17,18)/t10-,11-. The summed E-state index contributed by atoms with van der Waals surface area (Å²) in [6, 6.07) is 6.51. The summed E-state index contributed by atoms with van der Waals surface area (Å²) in [5, 5.41) is 9.10. The number of Topliss-reactive ketones (excluding diaryl/α,β-unsaturated/α-hetero) is 1. The molecule has 0 atom stereocenters. The maximum atomic E-state index is 12.4. The van der Waals surface area contributed by atoms with Crippen molar-refractivity contribution >= 4 is 11.8 Å². The Bertz CT molecular complexity index is 457. The van der Waals surface area contributed by atoms with Crippen LogP contribution < -0.4 is 0 Å². The van der Waals surface area contributed by atoms with Gasteiger partial charge in [-0.2, -0.15) is 0 Å². The van der Waals surface area contributed by atoms with Gasteiger partial charge in [-0.25, -0.2) is 4.79 Å². The van der Waals surface area contributed by atoms with E-state index in [1.54, 1.807) is 18.2 Å². The highest BCUT2D eigenvalue weighted by molar-refractivity contribution is 6.06. The van der Waals surface area contributed by atoms with Crippen molar-refractivity contribution in [2.75, 3.05) is 0 Å². The zero-order chi connectivity index (χ0) is 13.1. The fourth-order valence-corrected chi connectivity index (χ4v) is 2.63. The summed E-state index contributed by atoms with van der Waals surface area (Å²) in [6.07, 6.45) is 3.89. The molecule has 1 N–H and O–H groups in total. The van der Waals surface area contributed by atoms with Gasteiger partial charge in [-0.3, -0.25) is 4.79 Å². The van der Waals surface area contributed by atoms with Crippen LogP contribution in [0.25, 0.3) is 0 Å². The quantitative estimate of drug-likeness (QED) is 0.832. The van der Waals surface area contributed by atoms with Crippen LogP contribution >= 0.6 is 0 Å². The predicted molar refractivity (Wildman–Crippen MR) is 68.9 cm³/mol. The number of carbonyl (C=O) groups is 2. The molecule has 1 saturated carbocycles. The second kappa shape index (κ2) is 5.34. The molecule has 1 aliphatic carbocycles. The average Bonchev–Trinajstić information content (AvgIpc) is 2.39. The molecule has 96 valence electrons. The maximum absolute atomic E-state index is 12.4. The molecule has 2 rings (SSSR count). The first kappa shape index (κ1) is 12.8. The molecule has 0 aliphatic heterocycles. The first-order valence-corrected chi connectivity index (χ1v) is 6.46. The van der Waals surface area contributed by atoms with Gasteiger partial charge in [-0.05, 0) is 24.8 Å². The van der Waals surface area contributed by atoms with E-state index in [0.29, 0.717) is 11.5 Å². The minimum atomic E-state index is -1.02. The first-order valence-electron chi connectivity index (χ1n) is 6.46. The van der Waals surface area contributed by atoms with Crippen LogP contribution in [0, 0.1) is 11.8 Å². The summed E-state index contributed by atoms with van der Waals surface area (Å²) in [5.41, 5.74) is 0.491. The SMILES string of the molecule is C[C@H]1CC[C@H](C(=O)c2ccccc2C(=O)O)CC1. The van der Waals surface area contributed by atoms with Crippen molar-refractivity contribution in [2.45, 2.75) is 32.6 Å². The molecular formula is C15H18O3. The number of benzene rings is 1. The van der Waals surface area contributed by atoms with Gasteiger partial charge in [0.25, 0.3) is 0 Å². The van der Waals surface area contributed by atoms with Gasteiger partial charge in [0, 0.05) is 11.5 Å². The lowest BCUT2D eigenvalue weighted by atomic mass is 9.79. The summed E-state index contributed by atoms with van der Waals surface area (Å²) in [6.45, 7) is 2.20. The van der Waals surface area contributed by atoms with Crippen LogP contribution in [0.2, 0.25) is 0 Å². The number of carbonyl (C=O) groups excluding carboxylic acids is 1. The van der Waals surface area contributed by atoms with Crippen LogP contribution in [-0.4, -0.2) is 16.9 Å². The summed E-state index contributed by atoms with van der Waals surface area (Å²) >= 11 is 0. The van der Waals surface area contributed by atoms with Gasteiger partial charge in [0.15, 0.2) is 5.78 Å². The topological polar surface area (TPSA) is 54.4 Å². The number of ketones is 1. The van der Waals surface area contributed by atoms with Crippen molar-refractivity contribution < 1.29 is 14.7 Å². The molecule has 0 heterocycles. The van der Waals surface area contributed by atoms with E-state index in [4.69, 9.17) is 5.11 Å². The Morgan fingerprint density at radius 2 is 1.61 bits per heavy atom. The molecule has 0 aromatic heterocycles. The Morgan fingerprint density at radius 1 is 1.06 bits per heavy atom. The predicted octanol–water partition coefficient (Wildman–Crippen LogP) is 3.39. The Labute approximate surface area is 107 Å². The van der Waals surface area contributed by atoms with Gasteiger partial charge >= 0.3 is 5.97 Å². The largest absolute Gasteiger partial charge is 0.478 e. The zero-order valence-corrected chi connectivity index (χ0v) is 10.6. The fourth-order valence-electron chi connectivity index (χ4n) is 2.63. The monoisotopic (exact) mass is 246 g/mol. The van der Waals surface area contributed by atoms with E-state index in [-0.39, 0.29) is 17.3 Å². The lowest BCUT2D eigenvalue weighted by Gasteiger charge is -2.25. The van der Waals surface area contributed by atoms with Crippen LogP contribution in [0.1, 0.15) is 53.3 Å². The van der Waals surface area contributed by atoms with Crippen molar-refractivity contribution in [1.29, 1.82) is 0 Å². The van der Waals surface area contributed by atoms with E-state index >= 15 is 0 Å². The van der Waals surface area contributed by atoms with Crippen LogP contribution in [0.4, 0.5) is 0 Å². The van der Waals surface area contributed by atoms with E-state index in [2.05, 4.69) is 6.92 Å². The van der Waals surface area contributed by atoms with Crippen molar-refractivity contribution in [3.63, 3.8) is 0 Å². The summed E-state index contributed by atoms with van der Waals surface area (Å²) < 4.78 is 0. The van der Waals surface area contributed by atoms with Crippen molar-refractivity contribution in [3.05, 3.63) is 35.4 Å².